The molecule has 112 valence electrons. The molecule has 0 unspecified atom stereocenters. The largest absolute Gasteiger partial charge is 0.490 e. The van der Waals surface area contributed by atoms with Crippen molar-refractivity contribution in [2.45, 2.75) is 20.0 Å². The van der Waals surface area contributed by atoms with Crippen LogP contribution in [0.4, 0.5) is 4.39 Å². The van der Waals surface area contributed by atoms with Crippen molar-refractivity contribution in [3.8, 4) is 28.3 Å². The second-order valence-electron chi connectivity index (χ2n) is 5.09. The van der Waals surface area contributed by atoms with Crippen LogP contribution in [0.15, 0.2) is 42.5 Å². The molecule has 0 amide bonds. The van der Waals surface area contributed by atoms with Gasteiger partial charge < -0.3 is 4.74 Å². The molecule has 1 aromatic heterocycles. The van der Waals surface area contributed by atoms with Crippen molar-refractivity contribution in [2.75, 3.05) is 0 Å². The Kier molecular flexibility index (Phi) is 3.82. The molecule has 0 aliphatic heterocycles. The van der Waals surface area contributed by atoms with E-state index in [0.29, 0.717) is 17.1 Å². The fourth-order valence-electron chi connectivity index (χ4n) is 2.21. The molecule has 0 atom stereocenters. The zero-order valence-corrected chi connectivity index (χ0v) is 12.2. The molecule has 1 N–H and O–H groups in total. The van der Waals surface area contributed by atoms with Gasteiger partial charge in [0.05, 0.1) is 11.7 Å². The molecule has 0 saturated carbocycles. The molecular weight excluding hydrogens is 283 g/mol. The number of aromatic nitrogens is 4. The quantitative estimate of drug-likeness (QED) is 0.801. The SMILES string of the molecule is CC(C)Oc1cccc(F)c1-c1ccc(-c2nn[nH]n2)cc1. The number of aromatic amines is 1. The molecule has 0 radical (unpaired) electrons. The number of hydrogen-bond acceptors (Lipinski definition) is 4. The Balaban J connectivity index is 2.00. The van der Waals surface area contributed by atoms with Gasteiger partial charge in [-0.25, -0.2) is 4.39 Å². The third-order valence-electron chi connectivity index (χ3n) is 3.12. The average Bonchev–Trinajstić information content (AvgIpc) is 3.01. The zero-order valence-electron chi connectivity index (χ0n) is 12.2. The first kappa shape index (κ1) is 14.2. The molecule has 0 spiro atoms. The first-order valence-corrected chi connectivity index (χ1v) is 6.94. The second-order valence-corrected chi connectivity index (χ2v) is 5.09. The van der Waals surface area contributed by atoms with Crippen LogP contribution in [0.5, 0.6) is 5.75 Å². The minimum absolute atomic E-state index is 0.0286. The Morgan fingerprint density at radius 2 is 1.77 bits per heavy atom. The zero-order chi connectivity index (χ0) is 15.5. The molecule has 22 heavy (non-hydrogen) atoms. The van der Waals surface area contributed by atoms with Crippen LogP contribution in [0.2, 0.25) is 0 Å². The van der Waals surface area contributed by atoms with Crippen LogP contribution in [0.1, 0.15) is 13.8 Å². The highest BCUT2D eigenvalue weighted by atomic mass is 19.1. The van der Waals surface area contributed by atoms with Crippen molar-refractivity contribution in [1.29, 1.82) is 0 Å². The van der Waals surface area contributed by atoms with E-state index >= 15 is 0 Å². The van der Waals surface area contributed by atoms with Crippen molar-refractivity contribution >= 4 is 0 Å². The highest BCUT2D eigenvalue weighted by Crippen LogP contribution is 2.34. The van der Waals surface area contributed by atoms with Crippen LogP contribution in [0.25, 0.3) is 22.5 Å². The number of ether oxygens (including phenoxy) is 1. The summed E-state index contributed by atoms with van der Waals surface area (Å²) in [7, 11) is 0. The molecule has 0 bridgehead atoms. The first-order valence-electron chi connectivity index (χ1n) is 6.94. The molecule has 3 aromatic rings. The Morgan fingerprint density at radius 1 is 1.05 bits per heavy atom. The van der Waals surface area contributed by atoms with E-state index < -0.39 is 0 Å². The summed E-state index contributed by atoms with van der Waals surface area (Å²) in [6.45, 7) is 3.82. The molecular formula is C16H15FN4O. The van der Waals surface area contributed by atoms with Gasteiger partial charge in [-0.15, -0.1) is 10.2 Å². The van der Waals surface area contributed by atoms with Crippen molar-refractivity contribution in [2.24, 2.45) is 0 Å². The normalized spacial score (nSPS) is 10.9. The van der Waals surface area contributed by atoms with Crippen LogP contribution < -0.4 is 4.74 Å². The summed E-state index contributed by atoms with van der Waals surface area (Å²) in [5.74, 6) is 0.714. The highest BCUT2D eigenvalue weighted by Gasteiger charge is 2.13. The number of benzene rings is 2. The number of halogens is 1. The van der Waals surface area contributed by atoms with Gasteiger partial charge in [0.1, 0.15) is 11.6 Å². The van der Waals surface area contributed by atoms with Crippen LogP contribution in [-0.4, -0.2) is 26.7 Å². The van der Waals surface area contributed by atoms with Crippen molar-refractivity contribution < 1.29 is 9.13 Å². The van der Waals surface area contributed by atoms with Gasteiger partial charge in [0.25, 0.3) is 0 Å². The van der Waals surface area contributed by atoms with Gasteiger partial charge >= 0.3 is 0 Å². The summed E-state index contributed by atoms with van der Waals surface area (Å²) < 4.78 is 19.9. The van der Waals surface area contributed by atoms with E-state index in [1.165, 1.54) is 6.07 Å². The van der Waals surface area contributed by atoms with Gasteiger partial charge in [-0.3, -0.25) is 0 Å². The third-order valence-corrected chi connectivity index (χ3v) is 3.12. The fraction of sp³-hybridized carbons (Fsp3) is 0.188. The van der Waals surface area contributed by atoms with E-state index in [0.717, 1.165) is 11.1 Å². The van der Waals surface area contributed by atoms with Crippen LogP contribution >= 0.6 is 0 Å². The lowest BCUT2D eigenvalue weighted by molar-refractivity contribution is 0.242. The Bertz CT molecular complexity index is 754. The Hall–Kier alpha value is -2.76. The summed E-state index contributed by atoms with van der Waals surface area (Å²) in [4.78, 5) is 0. The second kappa shape index (κ2) is 5.93. The molecule has 6 heteroatoms. The number of hydrogen-bond donors (Lipinski definition) is 1. The summed E-state index contributed by atoms with van der Waals surface area (Å²) in [6.07, 6.45) is -0.0286. The van der Waals surface area contributed by atoms with E-state index in [4.69, 9.17) is 4.74 Å². The number of tetrazole rings is 1. The lowest BCUT2D eigenvalue weighted by Gasteiger charge is -2.15. The monoisotopic (exact) mass is 298 g/mol. The summed E-state index contributed by atoms with van der Waals surface area (Å²) in [5, 5.41) is 13.8. The van der Waals surface area contributed by atoms with Crippen LogP contribution in [0.3, 0.4) is 0 Å². The van der Waals surface area contributed by atoms with Crippen LogP contribution in [0, 0.1) is 5.82 Å². The number of H-pyrrole nitrogens is 1. The summed E-state index contributed by atoms with van der Waals surface area (Å²) >= 11 is 0. The molecule has 3 rings (SSSR count). The van der Waals surface area contributed by atoms with E-state index in [-0.39, 0.29) is 11.9 Å². The van der Waals surface area contributed by atoms with Gasteiger partial charge in [-0.1, -0.05) is 30.3 Å². The number of nitrogens with zero attached hydrogens (tertiary/aromatic N) is 3. The maximum Gasteiger partial charge on any atom is 0.204 e. The minimum atomic E-state index is -0.314. The molecule has 2 aromatic carbocycles. The summed E-state index contributed by atoms with van der Waals surface area (Å²) in [6, 6.07) is 12.1. The smallest absolute Gasteiger partial charge is 0.204 e. The van der Waals surface area contributed by atoms with E-state index in [1.54, 1.807) is 12.1 Å². The van der Waals surface area contributed by atoms with E-state index in [9.17, 15) is 4.39 Å². The molecule has 1 heterocycles. The maximum absolute atomic E-state index is 14.2. The van der Waals surface area contributed by atoms with Gasteiger partial charge in [0, 0.05) is 5.56 Å². The maximum atomic E-state index is 14.2. The van der Waals surface area contributed by atoms with E-state index in [1.807, 2.05) is 38.1 Å². The Labute approximate surface area is 127 Å². The van der Waals surface area contributed by atoms with E-state index in [2.05, 4.69) is 20.6 Å². The Morgan fingerprint density at radius 3 is 2.41 bits per heavy atom. The predicted octanol–water partition coefficient (Wildman–Crippen LogP) is 3.46. The summed E-state index contributed by atoms with van der Waals surface area (Å²) in [5.41, 5.74) is 2.00. The van der Waals surface area contributed by atoms with Crippen molar-refractivity contribution in [3.05, 3.63) is 48.3 Å². The van der Waals surface area contributed by atoms with Gasteiger partial charge in [-0.05, 0) is 36.8 Å². The average molecular weight is 298 g/mol. The van der Waals surface area contributed by atoms with Gasteiger partial charge in [0.2, 0.25) is 5.82 Å². The van der Waals surface area contributed by atoms with Crippen LogP contribution in [-0.2, 0) is 0 Å². The lowest BCUT2D eigenvalue weighted by atomic mass is 10.0. The number of rotatable bonds is 4. The lowest BCUT2D eigenvalue weighted by Crippen LogP contribution is -2.07. The molecule has 0 aliphatic rings. The molecule has 5 nitrogen and oxygen atoms in total. The molecule has 0 fully saturated rings. The first-order chi connectivity index (χ1) is 10.6. The molecule has 0 saturated heterocycles. The topological polar surface area (TPSA) is 63.7 Å². The fourth-order valence-corrected chi connectivity index (χ4v) is 2.21. The highest BCUT2D eigenvalue weighted by molar-refractivity contribution is 5.73. The number of nitrogens with one attached hydrogen (secondary N) is 1. The predicted molar refractivity (Wildman–Crippen MR) is 80.8 cm³/mol. The third kappa shape index (κ3) is 2.81. The minimum Gasteiger partial charge on any atom is -0.490 e. The van der Waals surface area contributed by atoms with Crippen molar-refractivity contribution in [3.63, 3.8) is 0 Å². The van der Waals surface area contributed by atoms with Crippen molar-refractivity contribution in [1.82, 2.24) is 20.6 Å². The van der Waals surface area contributed by atoms with Gasteiger partial charge in [-0.2, -0.15) is 5.21 Å². The molecule has 0 aliphatic carbocycles. The standard InChI is InChI=1S/C16H15FN4O/c1-10(2)22-14-5-3-4-13(17)15(14)11-6-8-12(9-7-11)16-18-20-21-19-16/h3-10H,1-2H3,(H,18,19,20,21). The van der Waals surface area contributed by atoms with Gasteiger partial charge in [0.15, 0.2) is 0 Å².